The largest absolute Gasteiger partial charge is 0.322 e. The van der Waals surface area contributed by atoms with Gasteiger partial charge in [-0.15, -0.1) is 0 Å². The van der Waals surface area contributed by atoms with E-state index in [0.717, 1.165) is 29.8 Å². The Morgan fingerprint density at radius 3 is 3.11 bits per heavy atom. The Hall–Kier alpha value is -2.16. The van der Waals surface area contributed by atoms with Crippen LogP contribution in [0.4, 0.5) is 0 Å². The van der Waals surface area contributed by atoms with E-state index >= 15 is 0 Å². The maximum Gasteiger partial charge on any atom is 0.274 e. The van der Waals surface area contributed by atoms with Crippen LogP contribution in [0.1, 0.15) is 30.4 Å². The summed E-state index contributed by atoms with van der Waals surface area (Å²) >= 11 is 0. The number of allylic oxidation sites excluding steroid dienone is 6. The highest BCUT2D eigenvalue weighted by Gasteiger charge is 2.12. The van der Waals surface area contributed by atoms with Gasteiger partial charge in [-0.1, -0.05) is 37.0 Å². The number of fused-ring (bicyclic) bond motifs is 1. The van der Waals surface area contributed by atoms with Crippen molar-refractivity contribution in [2.75, 3.05) is 0 Å². The molecule has 0 unspecified atom stereocenters. The van der Waals surface area contributed by atoms with E-state index in [2.05, 4.69) is 22.6 Å². The molecule has 92 valence electrons. The molecule has 18 heavy (non-hydrogen) atoms. The molecule has 0 radical (unpaired) electrons. The van der Waals surface area contributed by atoms with E-state index in [1.807, 2.05) is 25.2 Å². The Morgan fingerprint density at radius 1 is 1.56 bits per heavy atom. The number of aryl methyl sites for hydroxylation is 1. The first kappa shape index (κ1) is 12.3. The zero-order valence-electron chi connectivity index (χ0n) is 10.4. The van der Waals surface area contributed by atoms with E-state index in [0.29, 0.717) is 5.69 Å². The van der Waals surface area contributed by atoms with Crippen LogP contribution in [0.5, 0.6) is 0 Å². The first-order valence-electron chi connectivity index (χ1n) is 6.01. The van der Waals surface area contributed by atoms with Gasteiger partial charge in [-0.2, -0.15) is 0 Å². The zero-order valence-corrected chi connectivity index (χ0v) is 10.4. The molecule has 0 saturated heterocycles. The van der Waals surface area contributed by atoms with Crippen LogP contribution in [-0.2, 0) is 6.42 Å². The fourth-order valence-corrected chi connectivity index (χ4v) is 1.93. The van der Waals surface area contributed by atoms with E-state index in [1.54, 1.807) is 12.2 Å². The van der Waals surface area contributed by atoms with Crippen LogP contribution >= 0.6 is 0 Å². The minimum Gasteiger partial charge on any atom is -0.322 e. The predicted octanol–water partition coefficient (Wildman–Crippen LogP) is 2.87. The van der Waals surface area contributed by atoms with Crippen molar-refractivity contribution in [3.8, 4) is 0 Å². The summed E-state index contributed by atoms with van der Waals surface area (Å²) in [6.45, 7) is 5.51. The molecule has 1 N–H and O–H groups in total. The molecule has 0 amide bonds. The van der Waals surface area contributed by atoms with Gasteiger partial charge in [-0.05, 0) is 25.8 Å². The zero-order chi connectivity index (χ0) is 13.0. The van der Waals surface area contributed by atoms with Crippen LogP contribution in [0.15, 0.2) is 41.8 Å². The summed E-state index contributed by atoms with van der Waals surface area (Å²) in [5.74, 6) is 0. The van der Waals surface area contributed by atoms with Crippen LogP contribution in [0, 0.1) is 0 Å². The van der Waals surface area contributed by atoms with E-state index < -0.39 is 0 Å². The molecule has 0 fully saturated rings. The van der Waals surface area contributed by atoms with Crippen LogP contribution in [0.3, 0.4) is 0 Å². The molecular formula is C15H16N2O. The monoisotopic (exact) mass is 240 g/mol. The van der Waals surface area contributed by atoms with Crippen LogP contribution < -0.4 is 5.56 Å². The fourth-order valence-electron chi connectivity index (χ4n) is 1.93. The molecule has 3 heteroatoms. The van der Waals surface area contributed by atoms with Gasteiger partial charge in [0.1, 0.15) is 5.69 Å². The lowest BCUT2D eigenvalue weighted by atomic mass is 10.1. The van der Waals surface area contributed by atoms with Gasteiger partial charge < -0.3 is 4.98 Å². The van der Waals surface area contributed by atoms with Crippen molar-refractivity contribution in [2.45, 2.75) is 19.8 Å². The molecule has 1 aliphatic carbocycles. The van der Waals surface area contributed by atoms with E-state index in [1.165, 1.54) is 0 Å². The van der Waals surface area contributed by atoms with Gasteiger partial charge in [0.05, 0.1) is 5.69 Å². The minimum absolute atomic E-state index is 0.133. The van der Waals surface area contributed by atoms with Gasteiger partial charge in [-0.25, -0.2) is 4.98 Å². The third kappa shape index (κ3) is 2.40. The Labute approximate surface area is 106 Å². The van der Waals surface area contributed by atoms with Crippen molar-refractivity contribution in [1.29, 1.82) is 0 Å². The number of hydrogen-bond donors (Lipinski definition) is 1. The van der Waals surface area contributed by atoms with Gasteiger partial charge in [0, 0.05) is 11.3 Å². The van der Waals surface area contributed by atoms with Crippen molar-refractivity contribution in [3.63, 3.8) is 0 Å². The number of hydrogen-bond acceptors (Lipinski definition) is 2. The second kappa shape index (κ2) is 5.45. The van der Waals surface area contributed by atoms with Crippen molar-refractivity contribution >= 4 is 11.6 Å². The number of aromatic amines is 1. The predicted molar refractivity (Wildman–Crippen MR) is 75.2 cm³/mol. The van der Waals surface area contributed by atoms with Gasteiger partial charge in [-0.3, -0.25) is 4.79 Å². The molecule has 0 bridgehead atoms. The van der Waals surface area contributed by atoms with Crippen molar-refractivity contribution in [3.05, 3.63) is 64.4 Å². The number of aromatic nitrogens is 2. The SMILES string of the molecule is C=C/C=C\C(=C/C)c1nc2c([nH]c1=O)CCC=C2. The molecule has 1 aromatic rings. The molecule has 0 aliphatic heterocycles. The highest BCUT2D eigenvalue weighted by Crippen LogP contribution is 2.16. The van der Waals surface area contributed by atoms with Gasteiger partial charge in [0.25, 0.3) is 5.56 Å². The first-order valence-corrected chi connectivity index (χ1v) is 6.01. The second-order valence-electron chi connectivity index (χ2n) is 4.06. The summed E-state index contributed by atoms with van der Waals surface area (Å²) < 4.78 is 0. The standard InChI is InChI=1S/C15H16N2O/c1-3-5-8-11(4-2)14-15(18)17-13-10-7-6-9-12(13)16-14/h3-6,8-9H,1,7,10H2,2H3,(H,17,18)/b8-5-,11-4+. The molecule has 1 aliphatic rings. The smallest absolute Gasteiger partial charge is 0.274 e. The highest BCUT2D eigenvalue weighted by molar-refractivity contribution is 5.72. The summed E-state index contributed by atoms with van der Waals surface area (Å²) in [6, 6.07) is 0. The van der Waals surface area contributed by atoms with Crippen LogP contribution in [0.25, 0.3) is 11.6 Å². The number of H-pyrrole nitrogens is 1. The molecular weight excluding hydrogens is 224 g/mol. The van der Waals surface area contributed by atoms with Crippen molar-refractivity contribution in [1.82, 2.24) is 9.97 Å². The third-order valence-electron chi connectivity index (χ3n) is 2.85. The number of rotatable bonds is 3. The normalized spacial score (nSPS) is 14.8. The summed E-state index contributed by atoms with van der Waals surface area (Å²) in [7, 11) is 0. The fraction of sp³-hybridized carbons (Fsp3) is 0.200. The minimum atomic E-state index is -0.133. The van der Waals surface area contributed by atoms with Gasteiger partial charge in [0.15, 0.2) is 0 Å². The van der Waals surface area contributed by atoms with Gasteiger partial charge >= 0.3 is 0 Å². The summed E-state index contributed by atoms with van der Waals surface area (Å²) in [4.78, 5) is 19.4. The summed E-state index contributed by atoms with van der Waals surface area (Å²) in [5, 5.41) is 0. The maximum atomic E-state index is 12.0. The van der Waals surface area contributed by atoms with E-state index in [4.69, 9.17) is 0 Å². The van der Waals surface area contributed by atoms with Crippen molar-refractivity contribution < 1.29 is 0 Å². The van der Waals surface area contributed by atoms with E-state index in [9.17, 15) is 4.79 Å². The van der Waals surface area contributed by atoms with Gasteiger partial charge in [0.2, 0.25) is 0 Å². The third-order valence-corrected chi connectivity index (χ3v) is 2.85. The lowest BCUT2D eigenvalue weighted by Crippen LogP contribution is -2.19. The maximum absolute atomic E-state index is 12.0. The lowest BCUT2D eigenvalue weighted by Gasteiger charge is -2.10. The Morgan fingerprint density at radius 2 is 2.39 bits per heavy atom. The highest BCUT2D eigenvalue weighted by atomic mass is 16.1. The van der Waals surface area contributed by atoms with Crippen LogP contribution in [-0.4, -0.2) is 9.97 Å². The molecule has 1 heterocycles. The lowest BCUT2D eigenvalue weighted by molar-refractivity contribution is 0.883. The second-order valence-corrected chi connectivity index (χ2v) is 4.06. The molecule has 3 nitrogen and oxygen atoms in total. The quantitative estimate of drug-likeness (QED) is 0.826. The summed E-state index contributed by atoms with van der Waals surface area (Å²) in [6.07, 6.45) is 13.0. The number of nitrogens with zero attached hydrogens (tertiary/aromatic N) is 1. The molecule has 0 spiro atoms. The Kier molecular flexibility index (Phi) is 3.72. The first-order chi connectivity index (χ1) is 8.76. The molecule has 0 aromatic carbocycles. The Bertz CT molecular complexity index is 603. The molecule has 1 aromatic heterocycles. The molecule has 0 saturated carbocycles. The average molecular weight is 240 g/mol. The molecule has 0 atom stereocenters. The van der Waals surface area contributed by atoms with Crippen LogP contribution in [0.2, 0.25) is 0 Å². The average Bonchev–Trinajstić information content (AvgIpc) is 2.40. The Balaban J connectivity index is 2.52. The summed E-state index contributed by atoms with van der Waals surface area (Å²) in [5.41, 5.74) is 2.92. The number of nitrogens with one attached hydrogen (secondary N) is 1. The van der Waals surface area contributed by atoms with Crippen molar-refractivity contribution in [2.24, 2.45) is 0 Å². The molecule has 2 rings (SSSR count). The van der Waals surface area contributed by atoms with E-state index in [-0.39, 0.29) is 5.56 Å². The topological polar surface area (TPSA) is 45.8 Å².